The third-order valence-electron chi connectivity index (χ3n) is 3.17. The molecule has 0 saturated heterocycles. The van der Waals surface area contributed by atoms with Crippen molar-refractivity contribution in [3.05, 3.63) is 53.2 Å². The molecule has 0 fully saturated rings. The SMILES string of the molecule is Cc1cc([C@@H](C)NCCc2ccccn2)oc1C. The van der Waals surface area contributed by atoms with Gasteiger partial charge in [-0.2, -0.15) is 0 Å². The van der Waals surface area contributed by atoms with Crippen LogP contribution in [0, 0.1) is 13.8 Å². The molecule has 18 heavy (non-hydrogen) atoms. The molecule has 3 heteroatoms. The summed E-state index contributed by atoms with van der Waals surface area (Å²) in [6, 6.07) is 8.35. The van der Waals surface area contributed by atoms with E-state index in [1.807, 2.05) is 31.3 Å². The van der Waals surface area contributed by atoms with Gasteiger partial charge in [-0.15, -0.1) is 0 Å². The third-order valence-corrected chi connectivity index (χ3v) is 3.17. The lowest BCUT2D eigenvalue weighted by Crippen LogP contribution is -2.21. The Hall–Kier alpha value is -1.61. The molecular weight excluding hydrogens is 224 g/mol. The maximum atomic E-state index is 5.70. The molecule has 2 aromatic heterocycles. The molecule has 0 amide bonds. The summed E-state index contributed by atoms with van der Waals surface area (Å²) in [5.41, 5.74) is 2.33. The van der Waals surface area contributed by atoms with Crippen LogP contribution in [0.1, 0.15) is 35.7 Å². The van der Waals surface area contributed by atoms with Gasteiger partial charge in [-0.25, -0.2) is 0 Å². The van der Waals surface area contributed by atoms with Crippen molar-refractivity contribution >= 4 is 0 Å². The van der Waals surface area contributed by atoms with E-state index in [-0.39, 0.29) is 6.04 Å². The van der Waals surface area contributed by atoms with Gasteiger partial charge in [-0.05, 0) is 44.5 Å². The third kappa shape index (κ3) is 3.20. The molecule has 0 radical (unpaired) electrons. The maximum Gasteiger partial charge on any atom is 0.121 e. The van der Waals surface area contributed by atoms with Crippen LogP contribution in [0.5, 0.6) is 0 Å². The van der Waals surface area contributed by atoms with Gasteiger partial charge in [0.2, 0.25) is 0 Å². The molecule has 0 aliphatic rings. The first-order chi connectivity index (χ1) is 8.66. The fourth-order valence-corrected chi connectivity index (χ4v) is 1.88. The highest BCUT2D eigenvalue weighted by Gasteiger charge is 2.10. The van der Waals surface area contributed by atoms with Crippen LogP contribution < -0.4 is 5.32 Å². The second kappa shape index (κ2) is 5.83. The lowest BCUT2D eigenvalue weighted by Gasteiger charge is -2.10. The topological polar surface area (TPSA) is 38.1 Å². The van der Waals surface area contributed by atoms with Gasteiger partial charge in [-0.1, -0.05) is 6.07 Å². The first-order valence-electron chi connectivity index (χ1n) is 6.37. The Morgan fingerprint density at radius 2 is 2.17 bits per heavy atom. The Morgan fingerprint density at radius 3 is 2.78 bits per heavy atom. The van der Waals surface area contributed by atoms with Crippen LogP contribution in [0.2, 0.25) is 0 Å². The standard InChI is InChI=1S/C15H20N2O/c1-11-10-15(18-13(11)3)12(2)16-9-7-14-6-4-5-8-17-14/h4-6,8,10,12,16H,7,9H2,1-3H3/t12-/m1/s1. The van der Waals surface area contributed by atoms with Crippen LogP contribution in [0.25, 0.3) is 0 Å². The first-order valence-corrected chi connectivity index (χ1v) is 6.37. The van der Waals surface area contributed by atoms with Crippen LogP contribution in [0.4, 0.5) is 0 Å². The molecular formula is C15H20N2O. The van der Waals surface area contributed by atoms with Crippen LogP contribution in [-0.4, -0.2) is 11.5 Å². The van der Waals surface area contributed by atoms with E-state index in [2.05, 4.69) is 30.2 Å². The normalized spacial score (nSPS) is 12.6. The van der Waals surface area contributed by atoms with Gasteiger partial charge in [0, 0.05) is 24.9 Å². The van der Waals surface area contributed by atoms with Crippen molar-refractivity contribution in [2.24, 2.45) is 0 Å². The van der Waals surface area contributed by atoms with E-state index in [1.165, 1.54) is 5.56 Å². The minimum Gasteiger partial charge on any atom is -0.464 e. The quantitative estimate of drug-likeness (QED) is 0.877. The van der Waals surface area contributed by atoms with Crippen molar-refractivity contribution in [2.75, 3.05) is 6.54 Å². The van der Waals surface area contributed by atoms with Crippen molar-refractivity contribution < 1.29 is 4.42 Å². The summed E-state index contributed by atoms with van der Waals surface area (Å²) in [5, 5.41) is 3.45. The maximum absolute atomic E-state index is 5.70. The highest BCUT2D eigenvalue weighted by molar-refractivity contribution is 5.20. The number of furan rings is 1. The Labute approximate surface area is 108 Å². The lowest BCUT2D eigenvalue weighted by molar-refractivity contribution is 0.417. The summed E-state index contributed by atoms with van der Waals surface area (Å²) in [7, 11) is 0. The van der Waals surface area contributed by atoms with E-state index in [0.717, 1.165) is 30.2 Å². The Bertz CT molecular complexity index is 471. The number of aryl methyl sites for hydroxylation is 2. The van der Waals surface area contributed by atoms with Crippen molar-refractivity contribution in [1.29, 1.82) is 0 Å². The molecule has 0 spiro atoms. The average Bonchev–Trinajstić information content (AvgIpc) is 2.71. The van der Waals surface area contributed by atoms with Gasteiger partial charge in [-0.3, -0.25) is 4.98 Å². The van der Waals surface area contributed by atoms with Crippen LogP contribution >= 0.6 is 0 Å². The predicted octanol–water partition coefficient (Wildman–Crippen LogP) is 3.18. The monoisotopic (exact) mass is 244 g/mol. The van der Waals surface area contributed by atoms with Gasteiger partial charge in [0.05, 0.1) is 6.04 Å². The largest absolute Gasteiger partial charge is 0.464 e. The smallest absolute Gasteiger partial charge is 0.121 e. The zero-order valence-corrected chi connectivity index (χ0v) is 11.2. The van der Waals surface area contributed by atoms with Crippen molar-refractivity contribution in [3.8, 4) is 0 Å². The highest BCUT2D eigenvalue weighted by atomic mass is 16.3. The fourth-order valence-electron chi connectivity index (χ4n) is 1.88. The average molecular weight is 244 g/mol. The number of pyridine rings is 1. The summed E-state index contributed by atoms with van der Waals surface area (Å²) < 4.78 is 5.70. The van der Waals surface area contributed by atoms with Gasteiger partial charge >= 0.3 is 0 Å². The molecule has 2 aromatic rings. The molecule has 0 aliphatic carbocycles. The zero-order valence-electron chi connectivity index (χ0n) is 11.2. The number of rotatable bonds is 5. The second-order valence-corrected chi connectivity index (χ2v) is 4.63. The summed E-state index contributed by atoms with van der Waals surface area (Å²) in [6.07, 6.45) is 2.77. The molecule has 3 nitrogen and oxygen atoms in total. The molecule has 0 aliphatic heterocycles. The van der Waals surface area contributed by atoms with E-state index < -0.39 is 0 Å². The zero-order chi connectivity index (χ0) is 13.0. The van der Waals surface area contributed by atoms with Gasteiger partial charge < -0.3 is 9.73 Å². The van der Waals surface area contributed by atoms with Crippen LogP contribution in [0.3, 0.4) is 0 Å². The minimum atomic E-state index is 0.237. The molecule has 0 unspecified atom stereocenters. The first kappa shape index (κ1) is 12.8. The van der Waals surface area contributed by atoms with E-state index in [9.17, 15) is 0 Å². The Morgan fingerprint density at radius 1 is 1.33 bits per heavy atom. The van der Waals surface area contributed by atoms with Gasteiger partial charge in [0.1, 0.15) is 11.5 Å². The molecule has 2 heterocycles. The Balaban J connectivity index is 1.83. The summed E-state index contributed by atoms with van der Waals surface area (Å²) in [4.78, 5) is 4.30. The number of nitrogens with one attached hydrogen (secondary N) is 1. The fraction of sp³-hybridized carbons (Fsp3) is 0.400. The highest BCUT2D eigenvalue weighted by Crippen LogP contribution is 2.19. The Kier molecular flexibility index (Phi) is 4.15. The van der Waals surface area contributed by atoms with E-state index in [0.29, 0.717) is 0 Å². The van der Waals surface area contributed by atoms with Crippen molar-refractivity contribution in [3.63, 3.8) is 0 Å². The number of hydrogen-bond donors (Lipinski definition) is 1. The molecule has 0 saturated carbocycles. The summed E-state index contributed by atoms with van der Waals surface area (Å²) in [5.74, 6) is 2.01. The molecule has 2 rings (SSSR count). The predicted molar refractivity (Wildman–Crippen MR) is 72.5 cm³/mol. The minimum absolute atomic E-state index is 0.237. The molecule has 1 N–H and O–H groups in total. The molecule has 96 valence electrons. The van der Waals surface area contributed by atoms with E-state index in [4.69, 9.17) is 4.42 Å². The summed E-state index contributed by atoms with van der Waals surface area (Å²) >= 11 is 0. The van der Waals surface area contributed by atoms with Crippen molar-refractivity contribution in [2.45, 2.75) is 33.2 Å². The van der Waals surface area contributed by atoms with Crippen LogP contribution in [-0.2, 0) is 6.42 Å². The summed E-state index contributed by atoms with van der Waals surface area (Å²) in [6.45, 7) is 7.09. The molecule has 0 aromatic carbocycles. The van der Waals surface area contributed by atoms with Crippen molar-refractivity contribution in [1.82, 2.24) is 10.3 Å². The van der Waals surface area contributed by atoms with E-state index >= 15 is 0 Å². The van der Waals surface area contributed by atoms with Gasteiger partial charge in [0.15, 0.2) is 0 Å². The second-order valence-electron chi connectivity index (χ2n) is 4.63. The molecule has 0 bridgehead atoms. The van der Waals surface area contributed by atoms with Gasteiger partial charge in [0.25, 0.3) is 0 Å². The lowest BCUT2D eigenvalue weighted by atomic mass is 10.2. The number of hydrogen-bond acceptors (Lipinski definition) is 3. The number of aromatic nitrogens is 1. The van der Waals surface area contributed by atoms with Crippen LogP contribution in [0.15, 0.2) is 34.9 Å². The van der Waals surface area contributed by atoms with E-state index in [1.54, 1.807) is 0 Å². The molecule has 1 atom stereocenters. The number of nitrogens with zero attached hydrogens (tertiary/aromatic N) is 1.